The molecule has 1 aromatic heterocycles. The van der Waals surface area contributed by atoms with E-state index >= 15 is 0 Å². The number of carbonyl (C=O) groups is 2. The molecule has 0 saturated heterocycles. The molecule has 0 aliphatic carbocycles. The Labute approximate surface area is 126 Å². The Morgan fingerprint density at radius 3 is 2.77 bits per heavy atom. The lowest BCUT2D eigenvalue weighted by atomic mass is 10.2. The van der Waals surface area contributed by atoms with Crippen molar-refractivity contribution in [1.29, 1.82) is 0 Å². The maximum absolute atomic E-state index is 11.8. The van der Waals surface area contributed by atoms with Crippen molar-refractivity contribution >= 4 is 22.9 Å². The predicted molar refractivity (Wildman–Crippen MR) is 80.5 cm³/mol. The maximum atomic E-state index is 11.8. The van der Waals surface area contributed by atoms with Crippen molar-refractivity contribution in [2.45, 2.75) is 0 Å². The zero-order valence-electron chi connectivity index (χ0n) is 11.6. The number of hydrogen-bond acceptors (Lipinski definition) is 4. The molecular formula is C16H13N3O3. The first-order chi connectivity index (χ1) is 10.7. The average molecular weight is 295 g/mol. The molecule has 0 spiro atoms. The first-order valence-corrected chi connectivity index (χ1v) is 6.69. The zero-order chi connectivity index (χ0) is 15.4. The highest BCUT2D eigenvalue weighted by Gasteiger charge is 2.10. The first kappa shape index (κ1) is 13.8. The molecular weight excluding hydrogens is 282 g/mol. The summed E-state index contributed by atoms with van der Waals surface area (Å²) in [4.78, 5) is 30.6. The Morgan fingerprint density at radius 2 is 1.95 bits per heavy atom. The normalized spacial score (nSPS) is 10.4. The van der Waals surface area contributed by atoms with E-state index in [0.717, 1.165) is 11.0 Å². The SMILES string of the molecule is O=C(CNC(=O)c1ccccc1)Oc1ccc2nc[nH]c2c1. The molecule has 3 aromatic rings. The van der Waals surface area contributed by atoms with Crippen LogP contribution in [0.2, 0.25) is 0 Å². The number of nitrogens with zero attached hydrogens (tertiary/aromatic N) is 1. The van der Waals surface area contributed by atoms with E-state index in [9.17, 15) is 9.59 Å². The zero-order valence-corrected chi connectivity index (χ0v) is 11.6. The molecule has 0 atom stereocenters. The van der Waals surface area contributed by atoms with Crippen LogP contribution in [0.4, 0.5) is 0 Å². The lowest BCUT2D eigenvalue weighted by Gasteiger charge is -2.06. The summed E-state index contributed by atoms with van der Waals surface area (Å²) in [6, 6.07) is 13.8. The fourth-order valence-electron chi connectivity index (χ4n) is 1.99. The number of hydrogen-bond donors (Lipinski definition) is 2. The van der Waals surface area contributed by atoms with Crippen LogP contribution >= 0.6 is 0 Å². The second kappa shape index (κ2) is 6.09. The third-order valence-electron chi connectivity index (χ3n) is 3.05. The van der Waals surface area contributed by atoms with Gasteiger partial charge in [0.1, 0.15) is 12.3 Å². The van der Waals surface area contributed by atoms with E-state index < -0.39 is 5.97 Å². The van der Waals surface area contributed by atoms with E-state index in [4.69, 9.17) is 4.74 Å². The number of H-pyrrole nitrogens is 1. The third-order valence-corrected chi connectivity index (χ3v) is 3.05. The van der Waals surface area contributed by atoms with Gasteiger partial charge >= 0.3 is 5.97 Å². The molecule has 2 aromatic carbocycles. The van der Waals surface area contributed by atoms with Gasteiger partial charge in [0.15, 0.2) is 0 Å². The van der Waals surface area contributed by atoms with E-state index in [-0.39, 0.29) is 12.5 Å². The molecule has 0 radical (unpaired) electrons. The molecule has 0 unspecified atom stereocenters. The summed E-state index contributed by atoms with van der Waals surface area (Å²) in [5.74, 6) is -0.458. The van der Waals surface area contributed by atoms with Crippen LogP contribution in [0.15, 0.2) is 54.9 Å². The molecule has 3 rings (SSSR count). The molecule has 1 amide bonds. The Bertz CT molecular complexity index is 812. The number of benzene rings is 2. The molecule has 6 heteroatoms. The van der Waals surface area contributed by atoms with Crippen molar-refractivity contribution in [2.75, 3.05) is 6.54 Å². The number of amides is 1. The second-order valence-corrected chi connectivity index (χ2v) is 4.60. The summed E-state index contributed by atoms with van der Waals surface area (Å²) in [5.41, 5.74) is 2.06. The van der Waals surface area contributed by atoms with Gasteiger partial charge in [0.25, 0.3) is 5.91 Å². The highest BCUT2D eigenvalue weighted by Crippen LogP contribution is 2.17. The van der Waals surface area contributed by atoms with Gasteiger partial charge in [-0.3, -0.25) is 4.79 Å². The fraction of sp³-hybridized carbons (Fsp3) is 0.0625. The summed E-state index contributed by atoms with van der Waals surface area (Å²) < 4.78 is 5.18. The van der Waals surface area contributed by atoms with Gasteiger partial charge in [-0.15, -0.1) is 0 Å². The molecule has 1 heterocycles. The molecule has 0 bridgehead atoms. The number of aromatic amines is 1. The van der Waals surface area contributed by atoms with Gasteiger partial charge in [0.2, 0.25) is 0 Å². The Hall–Kier alpha value is -3.15. The van der Waals surface area contributed by atoms with Crippen LogP contribution in [0.1, 0.15) is 10.4 Å². The highest BCUT2D eigenvalue weighted by atomic mass is 16.5. The average Bonchev–Trinajstić information content (AvgIpc) is 3.01. The minimum atomic E-state index is -0.539. The van der Waals surface area contributed by atoms with Gasteiger partial charge in [-0.1, -0.05) is 18.2 Å². The molecule has 110 valence electrons. The number of carbonyl (C=O) groups excluding carboxylic acids is 2. The predicted octanol–water partition coefficient (Wildman–Crippen LogP) is 1.90. The summed E-state index contributed by atoms with van der Waals surface area (Å²) in [5, 5.41) is 2.52. The summed E-state index contributed by atoms with van der Waals surface area (Å²) in [6.07, 6.45) is 1.57. The minimum Gasteiger partial charge on any atom is -0.425 e. The van der Waals surface area contributed by atoms with Crippen molar-refractivity contribution in [3.63, 3.8) is 0 Å². The van der Waals surface area contributed by atoms with Gasteiger partial charge in [0, 0.05) is 11.6 Å². The fourth-order valence-corrected chi connectivity index (χ4v) is 1.99. The van der Waals surface area contributed by atoms with Gasteiger partial charge in [0.05, 0.1) is 17.4 Å². The van der Waals surface area contributed by atoms with Crippen LogP contribution in [0.25, 0.3) is 11.0 Å². The monoisotopic (exact) mass is 295 g/mol. The quantitative estimate of drug-likeness (QED) is 0.569. The molecule has 2 N–H and O–H groups in total. The second-order valence-electron chi connectivity index (χ2n) is 4.60. The number of imidazole rings is 1. The molecule has 0 aliphatic rings. The number of aromatic nitrogens is 2. The highest BCUT2D eigenvalue weighted by molar-refractivity contribution is 5.96. The van der Waals surface area contributed by atoms with Crippen molar-refractivity contribution < 1.29 is 14.3 Å². The van der Waals surface area contributed by atoms with E-state index in [1.165, 1.54) is 0 Å². The van der Waals surface area contributed by atoms with Gasteiger partial charge in [-0.2, -0.15) is 0 Å². The molecule has 0 aliphatic heterocycles. The number of fused-ring (bicyclic) bond motifs is 1. The maximum Gasteiger partial charge on any atom is 0.330 e. The number of esters is 1. The molecule has 22 heavy (non-hydrogen) atoms. The van der Waals surface area contributed by atoms with Crippen LogP contribution in [0.5, 0.6) is 5.75 Å². The van der Waals surface area contributed by atoms with Crippen molar-refractivity contribution in [2.24, 2.45) is 0 Å². The van der Waals surface area contributed by atoms with Gasteiger partial charge in [-0.05, 0) is 24.3 Å². The largest absolute Gasteiger partial charge is 0.425 e. The minimum absolute atomic E-state index is 0.200. The topological polar surface area (TPSA) is 84.1 Å². The molecule has 0 saturated carbocycles. The molecule has 0 fully saturated rings. The Balaban J connectivity index is 1.57. The smallest absolute Gasteiger partial charge is 0.330 e. The van der Waals surface area contributed by atoms with E-state index in [2.05, 4.69) is 15.3 Å². The van der Waals surface area contributed by atoms with Crippen molar-refractivity contribution in [3.05, 3.63) is 60.4 Å². The number of ether oxygens (including phenoxy) is 1. The summed E-state index contributed by atoms with van der Waals surface area (Å²) in [6.45, 7) is -0.200. The van der Waals surface area contributed by atoms with Gasteiger partial charge in [-0.25, -0.2) is 9.78 Å². The van der Waals surface area contributed by atoms with Gasteiger partial charge < -0.3 is 15.0 Å². The van der Waals surface area contributed by atoms with E-state index in [1.54, 1.807) is 48.8 Å². The third kappa shape index (κ3) is 3.12. The van der Waals surface area contributed by atoms with Crippen LogP contribution in [-0.4, -0.2) is 28.4 Å². The number of rotatable bonds is 4. The van der Waals surface area contributed by atoms with Crippen molar-refractivity contribution in [3.8, 4) is 5.75 Å². The standard InChI is InChI=1S/C16H13N3O3/c20-15(9-17-16(21)11-4-2-1-3-5-11)22-12-6-7-13-14(8-12)19-10-18-13/h1-8,10H,9H2,(H,17,21)(H,18,19). The summed E-state index contributed by atoms with van der Waals surface area (Å²) in [7, 11) is 0. The lowest BCUT2D eigenvalue weighted by molar-refractivity contribution is -0.133. The summed E-state index contributed by atoms with van der Waals surface area (Å²) >= 11 is 0. The molecule has 6 nitrogen and oxygen atoms in total. The van der Waals surface area contributed by atoms with Crippen LogP contribution in [0, 0.1) is 0 Å². The Morgan fingerprint density at radius 1 is 1.14 bits per heavy atom. The number of nitrogens with one attached hydrogen (secondary N) is 2. The van der Waals surface area contributed by atoms with E-state index in [0.29, 0.717) is 11.3 Å². The van der Waals surface area contributed by atoms with Crippen molar-refractivity contribution in [1.82, 2.24) is 15.3 Å². The van der Waals surface area contributed by atoms with E-state index in [1.807, 2.05) is 6.07 Å². The first-order valence-electron chi connectivity index (χ1n) is 6.69. The lowest BCUT2D eigenvalue weighted by Crippen LogP contribution is -2.31. The van der Waals surface area contributed by atoms with Crippen LogP contribution in [0.3, 0.4) is 0 Å². The van der Waals surface area contributed by atoms with Crippen LogP contribution in [-0.2, 0) is 4.79 Å². The van der Waals surface area contributed by atoms with Crippen LogP contribution < -0.4 is 10.1 Å². The Kier molecular flexibility index (Phi) is 3.82.